The molecule has 0 heterocycles. The average molecular weight is 252 g/mol. The summed E-state index contributed by atoms with van der Waals surface area (Å²) in [5.74, 6) is -0.151. The minimum Gasteiger partial charge on any atom is -0.507 e. The summed E-state index contributed by atoms with van der Waals surface area (Å²) in [5, 5.41) is 13.9. The second-order valence-corrected chi connectivity index (χ2v) is 4.57. The highest BCUT2D eigenvalue weighted by molar-refractivity contribution is 9.10. The van der Waals surface area contributed by atoms with Crippen LogP contribution in [0.3, 0.4) is 0 Å². The van der Waals surface area contributed by atoms with E-state index in [0.717, 1.165) is 6.07 Å². The van der Waals surface area contributed by atoms with Crippen LogP contribution in [0.5, 0.6) is 5.75 Å². The Bertz CT molecular complexity index is 401. The monoisotopic (exact) mass is 251 g/mol. The van der Waals surface area contributed by atoms with Gasteiger partial charge in [0.05, 0.1) is 9.37 Å². The number of halogens is 1. The summed E-state index contributed by atoms with van der Waals surface area (Å²) < 4.78 is 21.9. The van der Waals surface area contributed by atoms with E-state index in [-0.39, 0.29) is 10.6 Å². The molecule has 0 aromatic heterocycles. The third-order valence-corrected chi connectivity index (χ3v) is 2.83. The fourth-order valence-electron chi connectivity index (χ4n) is 0.669. The van der Waals surface area contributed by atoms with Crippen LogP contribution in [0.1, 0.15) is 0 Å². The zero-order chi connectivity index (χ0) is 9.35. The van der Waals surface area contributed by atoms with Gasteiger partial charge in [-0.15, -0.1) is 0 Å². The number of phenols is 1. The zero-order valence-corrected chi connectivity index (χ0v) is 8.26. The van der Waals surface area contributed by atoms with Crippen molar-refractivity contribution in [1.29, 1.82) is 0 Å². The highest BCUT2D eigenvalue weighted by Crippen LogP contribution is 2.25. The van der Waals surface area contributed by atoms with Gasteiger partial charge in [-0.3, -0.25) is 0 Å². The van der Waals surface area contributed by atoms with Gasteiger partial charge in [0.15, 0.2) is 0 Å². The Hall–Kier alpha value is -0.590. The summed E-state index contributed by atoms with van der Waals surface area (Å²) >= 11 is 3.01. The second kappa shape index (κ2) is 3.04. The molecule has 0 amide bonds. The van der Waals surface area contributed by atoms with Crippen LogP contribution in [0, 0.1) is 0 Å². The van der Waals surface area contributed by atoms with Gasteiger partial charge in [-0.25, -0.2) is 13.6 Å². The second-order valence-electron chi connectivity index (χ2n) is 2.16. The SMILES string of the molecule is NS(=O)(=O)c1ccc(Br)c(O)c1. The van der Waals surface area contributed by atoms with Crippen molar-refractivity contribution < 1.29 is 13.5 Å². The van der Waals surface area contributed by atoms with E-state index in [2.05, 4.69) is 15.9 Å². The Morgan fingerprint density at radius 3 is 2.42 bits per heavy atom. The molecular weight excluding hydrogens is 246 g/mol. The van der Waals surface area contributed by atoms with Crippen molar-refractivity contribution in [3.05, 3.63) is 22.7 Å². The first-order valence-corrected chi connectivity index (χ1v) is 5.26. The van der Waals surface area contributed by atoms with Crippen molar-refractivity contribution >= 4 is 26.0 Å². The molecule has 66 valence electrons. The molecule has 0 saturated carbocycles. The van der Waals surface area contributed by atoms with Gasteiger partial charge in [0.25, 0.3) is 0 Å². The van der Waals surface area contributed by atoms with Crippen LogP contribution in [0.2, 0.25) is 0 Å². The molecule has 3 N–H and O–H groups in total. The Morgan fingerprint density at radius 2 is 2.00 bits per heavy atom. The average Bonchev–Trinajstić information content (AvgIpc) is 1.92. The minimum atomic E-state index is -3.72. The predicted molar refractivity (Wildman–Crippen MR) is 47.2 cm³/mol. The summed E-state index contributed by atoms with van der Waals surface area (Å²) in [4.78, 5) is -0.108. The third kappa shape index (κ3) is 1.96. The number of benzene rings is 1. The maximum Gasteiger partial charge on any atom is 0.238 e. The van der Waals surface area contributed by atoms with E-state index < -0.39 is 10.0 Å². The molecule has 12 heavy (non-hydrogen) atoms. The lowest BCUT2D eigenvalue weighted by Gasteiger charge is -1.99. The fraction of sp³-hybridized carbons (Fsp3) is 0. The Kier molecular flexibility index (Phi) is 2.41. The largest absolute Gasteiger partial charge is 0.507 e. The molecule has 1 rings (SSSR count). The normalized spacial score (nSPS) is 11.5. The molecule has 1 aromatic carbocycles. The first kappa shape index (κ1) is 9.50. The summed E-state index contributed by atoms with van der Waals surface area (Å²) in [6.45, 7) is 0. The van der Waals surface area contributed by atoms with Gasteiger partial charge >= 0.3 is 0 Å². The molecular formula is C6H6BrNO3S. The summed E-state index contributed by atoms with van der Waals surface area (Å²) in [6, 6.07) is 3.80. The summed E-state index contributed by atoms with van der Waals surface area (Å²) in [6.07, 6.45) is 0. The molecule has 0 aliphatic carbocycles. The number of aromatic hydroxyl groups is 1. The van der Waals surface area contributed by atoms with Gasteiger partial charge in [-0.1, -0.05) is 0 Å². The van der Waals surface area contributed by atoms with Crippen molar-refractivity contribution in [2.75, 3.05) is 0 Å². The molecule has 0 bridgehead atoms. The van der Waals surface area contributed by atoms with Gasteiger partial charge in [0.2, 0.25) is 10.0 Å². The number of primary sulfonamides is 1. The third-order valence-electron chi connectivity index (χ3n) is 1.25. The number of nitrogens with two attached hydrogens (primary N) is 1. The molecule has 0 spiro atoms. The smallest absolute Gasteiger partial charge is 0.238 e. The fourth-order valence-corrected chi connectivity index (χ4v) is 1.45. The van der Waals surface area contributed by atoms with Crippen LogP contribution in [-0.4, -0.2) is 13.5 Å². The van der Waals surface area contributed by atoms with Crippen molar-refractivity contribution in [3.63, 3.8) is 0 Å². The van der Waals surface area contributed by atoms with Crippen molar-refractivity contribution in [3.8, 4) is 5.75 Å². The lowest BCUT2D eigenvalue weighted by Crippen LogP contribution is -2.11. The quantitative estimate of drug-likeness (QED) is 0.775. The van der Waals surface area contributed by atoms with Gasteiger partial charge < -0.3 is 5.11 Å². The van der Waals surface area contributed by atoms with Crippen LogP contribution < -0.4 is 5.14 Å². The number of hydrogen-bond donors (Lipinski definition) is 2. The van der Waals surface area contributed by atoms with Gasteiger partial charge in [0, 0.05) is 6.07 Å². The number of sulfonamides is 1. The number of phenolic OH excluding ortho intramolecular Hbond substituents is 1. The molecule has 0 saturated heterocycles. The molecule has 6 heteroatoms. The van der Waals surface area contributed by atoms with E-state index in [1.54, 1.807) is 0 Å². The van der Waals surface area contributed by atoms with Crippen LogP contribution in [-0.2, 0) is 10.0 Å². The van der Waals surface area contributed by atoms with Crippen LogP contribution >= 0.6 is 15.9 Å². The maximum atomic E-state index is 10.7. The van der Waals surface area contributed by atoms with Crippen molar-refractivity contribution in [1.82, 2.24) is 0 Å². The summed E-state index contributed by atoms with van der Waals surface area (Å²) in [5.41, 5.74) is 0. The van der Waals surface area contributed by atoms with E-state index in [1.165, 1.54) is 12.1 Å². The van der Waals surface area contributed by atoms with Crippen molar-refractivity contribution in [2.24, 2.45) is 5.14 Å². The Morgan fingerprint density at radius 1 is 1.42 bits per heavy atom. The van der Waals surface area contributed by atoms with E-state index in [1.807, 2.05) is 0 Å². The predicted octanol–water partition coefficient (Wildman–Crippen LogP) is 0.802. The van der Waals surface area contributed by atoms with Crippen LogP contribution in [0.4, 0.5) is 0 Å². The maximum absolute atomic E-state index is 10.7. The van der Waals surface area contributed by atoms with E-state index in [0.29, 0.717) is 4.47 Å². The molecule has 0 radical (unpaired) electrons. The van der Waals surface area contributed by atoms with Crippen molar-refractivity contribution in [2.45, 2.75) is 4.90 Å². The molecule has 0 atom stereocenters. The summed E-state index contributed by atoms with van der Waals surface area (Å²) in [7, 11) is -3.72. The van der Waals surface area contributed by atoms with Gasteiger partial charge in [-0.05, 0) is 28.1 Å². The highest BCUT2D eigenvalue weighted by Gasteiger charge is 2.09. The lowest BCUT2D eigenvalue weighted by atomic mass is 10.3. The van der Waals surface area contributed by atoms with E-state index in [4.69, 9.17) is 10.2 Å². The highest BCUT2D eigenvalue weighted by atomic mass is 79.9. The van der Waals surface area contributed by atoms with Gasteiger partial charge in [0.1, 0.15) is 5.75 Å². The van der Waals surface area contributed by atoms with Crippen LogP contribution in [0.15, 0.2) is 27.6 Å². The lowest BCUT2D eigenvalue weighted by molar-refractivity contribution is 0.469. The molecule has 0 unspecified atom stereocenters. The molecule has 0 fully saturated rings. The number of hydrogen-bond acceptors (Lipinski definition) is 3. The Balaban J connectivity index is 3.33. The first-order chi connectivity index (χ1) is 5.41. The topological polar surface area (TPSA) is 80.4 Å². The standard InChI is InChI=1S/C6H6BrNO3S/c7-5-2-1-4(3-6(5)9)12(8,10)11/h1-3,9H,(H2,8,10,11). The Labute approximate surface area is 78.2 Å². The first-order valence-electron chi connectivity index (χ1n) is 2.92. The van der Waals surface area contributed by atoms with E-state index in [9.17, 15) is 8.42 Å². The van der Waals surface area contributed by atoms with Crippen LogP contribution in [0.25, 0.3) is 0 Å². The molecule has 0 aliphatic heterocycles. The minimum absolute atomic E-state index is 0.108. The number of rotatable bonds is 1. The van der Waals surface area contributed by atoms with E-state index >= 15 is 0 Å². The molecule has 0 aliphatic rings. The molecule has 4 nitrogen and oxygen atoms in total. The van der Waals surface area contributed by atoms with Gasteiger partial charge in [-0.2, -0.15) is 0 Å². The zero-order valence-electron chi connectivity index (χ0n) is 5.86. The molecule has 1 aromatic rings.